The van der Waals surface area contributed by atoms with Crippen LogP contribution in [-0.4, -0.2) is 38.1 Å². The topological polar surface area (TPSA) is 73.9 Å². The van der Waals surface area contributed by atoms with Crippen molar-refractivity contribution in [1.29, 1.82) is 0 Å². The Balaban J connectivity index is 2.87. The predicted octanol–water partition coefficient (Wildman–Crippen LogP) is 1.18. The summed E-state index contributed by atoms with van der Waals surface area (Å²) in [5, 5.41) is 9.27. The van der Waals surface area contributed by atoms with Gasteiger partial charge in [0.1, 0.15) is 23.4 Å². The summed E-state index contributed by atoms with van der Waals surface area (Å²) in [5.41, 5.74) is 5.87. The van der Waals surface area contributed by atoms with E-state index in [-0.39, 0.29) is 12.6 Å². The first kappa shape index (κ1) is 14.6. The molecule has 1 aromatic carbocycles. The average Bonchev–Trinajstić information content (AvgIpc) is 2.43. The highest BCUT2D eigenvalue weighted by molar-refractivity contribution is 5.42. The molecule has 0 aromatic heterocycles. The highest BCUT2D eigenvalue weighted by Gasteiger charge is 2.17. The van der Waals surface area contributed by atoms with Crippen LogP contribution in [0.5, 0.6) is 17.2 Å². The molecule has 0 spiro atoms. The Kier molecular flexibility index (Phi) is 5.74. The van der Waals surface area contributed by atoms with Crippen LogP contribution in [0.25, 0.3) is 0 Å². The van der Waals surface area contributed by atoms with E-state index in [4.69, 9.17) is 19.9 Å². The average molecular weight is 255 g/mol. The normalized spacial score (nSPS) is 13.8. The quantitative estimate of drug-likeness (QED) is 0.765. The van der Waals surface area contributed by atoms with Crippen molar-refractivity contribution in [3.05, 3.63) is 18.2 Å². The van der Waals surface area contributed by atoms with Gasteiger partial charge in [0.15, 0.2) is 0 Å². The minimum absolute atomic E-state index is 0.130. The fraction of sp³-hybridized carbons (Fsp3) is 0.538. The van der Waals surface area contributed by atoms with Crippen LogP contribution in [0.3, 0.4) is 0 Å². The third-order valence-corrected chi connectivity index (χ3v) is 2.74. The second-order valence-electron chi connectivity index (χ2n) is 3.96. The molecule has 2 unspecified atom stereocenters. The van der Waals surface area contributed by atoms with Crippen molar-refractivity contribution < 1.29 is 19.3 Å². The van der Waals surface area contributed by atoms with E-state index in [2.05, 4.69) is 0 Å². The van der Waals surface area contributed by atoms with Crippen LogP contribution in [0.2, 0.25) is 0 Å². The van der Waals surface area contributed by atoms with Crippen LogP contribution in [0, 0.1) is 0 Å². The van der Waals surface area contributed by atoms with Crippen molar-refractivity contribution in [2.24, 2.45) is 5.73 Å². The van der Waals surface area contributed by atoms with Crippen molar-refractivity contribution in [3.8, 4) is 17.2 Å². The molecule has 0 bridgehead atoms. The van der Waals surface area contributed by atoms with Gasteiger partial charge in [0, 0.05) is 24.2 Å². The van der Waals surface area contributed by atoms with E-state index < -0.39 is 6.10 Å². The molecule has 3 N–H and O–H groups in total. The van der Waals surface area contributed by atoms with Gasteiger partial charge in [-0.25, -0.2) is 0 Å². The Bertz CT molecular complexity index is 348. The Labute approximate surface area is 107 Å². The summed E-state index contributed by atoms with van der Waals surface area (Å²) in [6, 6.07) is 4.99. The standard InChI is InChI=1S/C13H21NO4/c1-4-12(14)13(8-15)18-11-6-9(16-2)5-10(7-11)17-3/h5-7,12-13,15H,4,8,14H2,1-3H3. The van der Waals surface area contributed by atoms with Gasteiger partial charge in [-0.15, -0.1) is 0 Å². The van der Waals surface area contributed by atoms with Crippen molar-refractivity contribution in [3.63, 3.8) is 0 Å². The minimum Gasteiger partial charge on any atom is -0.496 e. The smallest absolute Gasteiger partial charge is 0.137 e. The Morgan fingerprint density at radius 3 is 2.00 bits per heavy atom. The molecule has 0 amide bonds. The second-order valence-corrected chi connectivity index (χ2v) is 3.96. The van der Waals surface area contributed by atoms with E-state index in [9.17, 15) is 5.11 Å². The lowest BCUT2D eigenvalue weighted by Crippen LogP contribution is -2.41. The maximum atomic E-state index is 9.27. The molecule has 102 valence electrons. The van der Waals surface area contributed by atoms with Crippen molar-refractivity contribution in [2.75, 3.05) is 20.8 Å². The van der Waals surface area contributed by atoms with Gasteiger partial charge in [-0.2, -0.15) is 0 Å². The Morgan fingerprint density at radius 1 is 1.11 bits per heavy atom. The number of rotatable bonds is 7. The number of aliphatic hydroxyl groups is 1. The molecule has 0 saturated heterocycles. The summed E-state index contributed by atoms with van der Waals surface area (Å²) in [4.78, 5) is 0. The van der Waals surface area contributed by atoms with E-state index in [1.807, 2.05) is 6.92 Å². The zero-order valence-corrected chi connectivity index (χ0v) is 11.1. The fourth-order valence-electron chi connectivity index (χ4n) is 1.55. The zero-order chi connectivity index (χ0) is 13.5. The van der Waals surface area contributed by atoms with Crippen molar-refractivity contribution >= 4 is 0 Å². The summed E-state index contributed by atoms with van der Waals surface area (Å²) < 4.78 is 16.0. The molecule has 0 heterocycles. The molecule has 1 rings (SSSR count). The highest BCUT2D eigenvalue weighted by Crippen LogP contribution is 2.28. The number of hydrogen-bond donors (Lipinski definition) is 2. The Morgan fingerprint density at radius 2 is 1.61 bits per heavy atom. The SMILES string of the molecule is CCC(N)C(CO)Oc1cc(OC)cc(OC)c1. The van der Waals surface area contributed by atoms with Gasteiger partial charge in [0.25, 0.3) is 0 Å². The number of ether oxygens (including phenoxy) is 3. The van der Waals surface area contributed by atoms with Crippen LogP contribution in [0.4, 0.5) is 0 Å². The van der Waals surface area contributed by atoms with E-state index >= 15 is 0 Å². The van der Waals surface area contributed by atoms with Crippen LogP contribution < -0.4 is 19.9 Å². The lowest BCUT2D eigenvalue weighted by atomic mass is 10.1. The van der Waals surface area contributed by atoms with Crippen LogP contribution in [0.1, 0.15) is 13.3 Å². The first-order chi connectivity index (χ1) is 8.64. The number of nitrogens with two attached hydrogens (primary N) is 1. The molecule has 2 atom stereocenters. The van der Waals surface area contributed by atoms with Gasteiger partial charge in [0.2, 0.25) is 0 Å². The molecule has 0 aliphatic rings. The maximum absolute atomic E-state index is 9.27. The van der Waals surface area contributed by atoms with Crippen LogP contribution in [0.15, 0.2) is 18.2 Å². The number of benzene rings is 1. The largest absolute Gasteiger partial charge is 0.496 e. The summed E-state index contributed by atoms with van der Waals surface area (Å²) in [7, 11) is 3.14. The molecule has 0 aliphatic heterocycles. The van der Waals surface area contributed by atoms with E-state index in [0.29, 0.717) is 17.2 Å². The van der Waals surface area contributed by atoms with Crippen molar-refractivity contribution in [2.45, 2.75) is 25.5 Å². The van der Waals surface area contributed by atoms with Crippen LogP contribution >= 0.6 is 0 Å². The number of aliphatic hydroxyl groups excluding tert-OH is 1. The molecule has 5 heteroatoms. The molecule has 0 aliphatic carbocycles. The van der Waals surface area contributed by atoms with Gasteiger partial charge in [-0.05, 0) is 6.42 Å². The maximum Gasteiger partial charge on any atom is 0.137 e. The summed E-state index contributed by atoms with van der Waals surface area (Å²) in [5.74, 6) is 1.83. The minimum atomic E-state index is -0.438. The molecular weight excluding hydrogens is 234 g/mol. The molecule has 18 heavy (non-hydrogen) atoms. The lowest BCUT2D eigenvalue weighted by molar-refractivity contribution is 0.0928. The zero-order valence-electron chi connectivity index (χ0n) is 11.1. The first-order valence-corrected chi connectivity index (χ1v) is 5.90. The summed E-state index contributed by atoms with van der Waals surface area (Å²) in [6.45, 7) is 1.82. The molecule has 1 aromatic rings. The summed E-state index contributed by atoms with van der Waals surface area (Å²) >= 11 is 0. The van der Waals surface area contributed by atoms with Gasteiger partial charge < -0.3 is 25.1 Å². The Hall–Kier alpha value is -1.46. The molecular formula is C13H21NO4. The molecule has 0 fully saturated rings. The summed E-state index contributed by atoms with van der Waals surface area (Å²) in [6.07, 6.45) is 0.290. The fourth-order valence-corrected chi connectivity index (χ4v) is 1.55. The monoisotopic (exact) mass is 255 g/mol. The second kappa shape index (κ2) is 7.08. The van der Waals surface area contributed by atoms with E-state index in [1.54, 1.807) is 32.4 Å². The lowest BCUT2D eigenvalue weighted by Gasteiger charge is -2.22. The van der Waals surface area contributed by atoms with Gasteiger partial charge in [-0.1, -0.05) is 6.92 Å². The van der Waals surface area contributed by atoms with Gasteiger partial charge >= 0.3 is 0 Å². The molecule has 0 saturated carbocycles. The number of methoxy groups -OCH3 is 2. The highest BCUT2D eigenvalue weighted by atomic mass is 16.5. The third kappa shape index (κ3) is 3.78. The molecule has 5 nitrogen and oxygen atoms in total. The molecule has 0 radical (unpaired) electrons. The van der Waals surface area contributed by atoms with Gasteiger partial charge in [-0.3, -0.25) is 0 Å². The predicted molar refractivity (Wildman–Crippen MR) is 69.3 cm³/mol. The van der Waals surface area contributed by atoms with Crippen LogP contribution in [-0.2, 0) is 0 Å². The van der Waals surface area contributed by atoms with E-state index in [0.717, 1.165) is 6.42 Å². The van der Waals surface area contributed by atoms with Crippen molar-refractivity contribution in [1.82, 2.24) is 0 Å². The third-order valence-electron chi connectivity index (χ3n) is 2.74. The first-order valence-electron chi connectivity index (χ1n) is 5.90. The van der Waals surface area contributed by atoms with Gasteiger partial charge in [0.05, 0.1) is 20.8 Å². The van der Waals surface area contributed by atoms with E-state index in [1.165, 1.54) is 0 Å². The number of hydrogen-bond acceptors (Lipinski definition) is 5.